The molecule has 13 nitrogen and oxygen atoms in total. The molecule has 188 valence electrons. The number of benzene rings is 2. The second-order valence-electron chi connectivity index (χ2n) is 7.41. The van der Waals surface area contributed by atoms with Gasteiger partial charge in [0.1, 0.15) is 5.75 Å². The van der Waals surface area contributed by atoms with Crippen LogP contribution in [-0.2, 0) is 14.3 Å². The molecule has 0 aliphatic carbocycles. The van der Waals surface area contributed by atoms with E-state index < -0.39 is 4.92 Å². The molecule has 0 aliphatic rings. The molecular weight excluding hydrogens is 528 g/mol. The Morgan fingerprint density at radius 1 is 1.20 bits per heavy atom. The molecule has 1 heterocycles. The first-order valence-electron chi connectivity index (χ1n) is 10.4. The molecule has 0 bridgehead atoms. The van der Waals surface area contributed by atoms with Crippen LogP contribution in [0.1, 0.15) is 6.92 Å². The van der Waals surface area contributed by atoms with Crippen molar-refractivity contribution in [2.45, 2.75) is 6.92 Å². The van der Waals surface area contributed by atoms with Crippen LogP contribution in [0.4, 0.5) is 17.1 Å². The SMILES string of the molecule is COCCN(CCOC)c1cc(NC(C)=O)c(-n2nc3cc([N+](=O)[O-])cc(Br)c3[n+]2[O-])cc1OC. The summed E-state index contributed by atoms with van der Waals surface area (Å²) >= 11 is 3.22. The summed E-state index contributed by atoms with van der Waals surface area (Å²) in [7, 11) is 4.67. The number of ether oxygens (including phenoxy) is 3. The minimum absolute atomic E-state index is 0.0919. The molecule has 35 heavy (non-hydrogen) atoms. The van der Waals surface area contributed by atoms with E-state index in [1.54, 1.807) is 26.4 Å². The van der Waals surface area contributed by atoms with Crippen LogP contribution in [0.25, 0.3) is 16.7 Å². The van der Waals surface area contributed by atoms with Crippen LogP contribution in [0.3, 0.4) is 0 Å². The summed E-state index contributed by atoms with van der Waals surface area (Å²) in [5.41, 5.74) is 1.10. The van der Waals surface area contributed by atoms with Crippen molar-refractivity contribution < 1.29 is 28.8 Å². The molecule has 3 aromatic rings. The smallest absolute Gasteiger partial charge is 0.275 e. The number of nitrogens with one attached hydrogen (secondary N) is 1. The number of rotatable bonds is 11. The van der Waals surface area contributed by atoms with Gasteiger partial charge in [0, 0.05) is 46.4 Å². The van der Waals surface area contributed by atoms with Crippen molar-refractivity contribution in [1.29, 1.82) is 0 Å². The first kappa shape index (κ1) is 26.1. The number of nitro groups is 1. The first-order chi connectivity index (χ1) is 16.7. The number of hydrogen-bond acceptors (Lipinski definition) is 9. The molecule has 1 aromatic heterocycles. The number of fused-ring (bicyclic) bond motifs is 1. The standard InChI is InChI=1S/C21H25BrN6O7/c1-13(29)23-16-11-19(25(5-7-33-2)6-8-34-3)20(35-4)12-18(16)26-24-17-10-14(28(31)32)9-15(22)21(17)27(26)30/h9-12H,5-8H2,1-4H3,(H,23,29). The lowest BCUT2D eigenvalue weighted by Crippen LogP contribution is -2.38. The minimum atomic E-state index is -0.576. The third kappa shape index (κ3) is 5.61. The zero-order chi connectivity index (χ0) is 25.7. The molecule has 0 unspecified atom stereocenters. The maximum absolute atomic E-state index is 13.2. The fourth-order valence-corrected chi connectivity index (χ4v) is 4.10. The number of carbonyl (C=O) groups is 1. The van der Waals surface area contributed by atoms with Crippen molar-refractivity contribution in [1.82, 2.24) is 9.90 Å². The Labute approximate surface area is 209 Å². The van der Waals surface area contributed by atoms with Crippen LogP contribution in [0, 0.1) is 15.3 Å². The lowest BCUT2D eigenvalue weighted by Gasteiger charge is -2.27. The Kier molecular flexibility index (Phi) is 8.43. The number of hydrogen-bond donors (Lipinski definition) is 1. The van der Waals surface area contributed by atoms with Crippen molar-refractivity contribution >= 4 is 49.9 Å². The number of carbonyl (C=O) groups excluding carboxylic acids is 1. The van der Waals surface area contributed by atoms with Crippen LogP contribution in [-0.4, -0.2) is 68.4 Å². The molecule has 0 spiro atoms. The molecule has 2 aromatic carbocycles. The van der Waals surface area contributed by atoms with Gasteiger partial charge < -0.3 is 29.6 Å². The molecule has 1 amide bonds. The average Bonchev–Trinajstić information content (AvgIpc) is 3.15. The Morgan fingerprint density at radius 3 is 2.40 bits per heavy atom. The third-order valence-electron chi connectivity index (χ3n) is 5.10. The first-order valence-corrected chi connectivity index (χ1v) is 11.2. The number of nitro benzene ring substituents is 1. The zero-order valence-corrected chi connectivity index (χ0v) is 21.2. The van der Waals surface area contributed by atoms with Crippen molar-refractivity contribution in [3.63, 3.8) is 0 Å². The van der Waals surface area contributed by atoms with E-state index >= 15 is 0 Å². The highest BCUT2D eigenvalue weighted by Gasteiger charge is 2.27. The van der Waals surface area contributed by atoms with Gasteiger partial charge >= 0.3 is 0 Å². The highest BCUT2D eigenvalue weighted by molar-refractivity contribution is 9.10. The lowest BCUT2D eigenvalue weighted by atomic mass is 10.2. The summed E-state index contributed by atoms with van der Waals surface area (Å²) in [6.45, 7) is 3.23. The summed E-state index contributed by atoms with van der Waals surface area (Å²) < 4.78 is 16.3. The Balaban J connectivity index is 2.24. The monoisotopic (exact) mass is 552 g/mol. The van der Waals surface area contributed by atoms with E-state index in [0.29, 0.717) is 42.6 Å². The van der Waals surface area contributed by atoms with E-state index in [4.69, 9.17) is 14.2 Å². The normalized spacial score (nSPS) is 11.0. The fraction of sp³-hybridized carbons (Fsp3) is 0.381. The highest BCUT2D eigenvalue weighted by Crippen LogP contribution is 2.36. The number of amides is 1. The van der Waals surface area contributed by atoms with Gasteiger partial charge in [-0.3, -0.25) is 14.9 Å². The molecular formula is C21H25BrN6O7. The zero-order valence-electron chi connectivity index (χ0n) is 19.6. The molecule has 0 atom stereocenters. The van der Waals surface area contributed by atoms with E-state index in [0.717, 1.165) is 4.80 Å². The maximum Gasteiger partial charge on any atom is 0.275 e. The van der Waals surface area contributed by atoms with Crippen molar-refractivity contribution in [3.8, 4) is 11.4 Å². The van der Waals surface area contributed by atoms with Crippen LogP contribution in [0.2, 0.25) is 0 Å². The Bertz CT molecular complexity index is 1240. The van der Waals surface area contributed by atoms with Gasteiger partial charge in [0.25, 0.3) is 11.2 Å². The van der Waals surface area contributed by atoms with Gasteiger partial charge in [0.05, 0.1) is 52.3 Å². The summed E-state index contributed by atoms with van der Waals surface area (Å²) in [5, 5.41) is 31.4. The van der Waals surface area contributed by atoms with Crippen LogP contribution >= 0.6 is 15.9 Å². The van der Waals surface area contributed by atoms with E-state index in [-0.39, 0.29) is 38.5 Å². The van der Waals surface area contributed by atoms with Crippen molar-refractivity contribution in [3.05, 3.63) is 44.1 Å². The summed E-state index contributed by atoms with van der Waals surface area (Å²) in [6, 6.07) is 5.66. The van der Waals surface area contributed by atoms with Crippen LogP contribution in [0.5, 0.6) is 5.75 Å². The summed E-state index contributed by atoms with van der Waals surface area (Å²) in [4.78, 5) is 26.1. The quantitative estimate of drug-likeness (QED) is 0.164. The fourth-order valence-electron chi connectivity index (χ4n) is 3.51. The molecule has 0 fully saturated rings. The topological polar surface area (TPSA) is 148 Å². The second-order valence-corrected chi connectivity index (χ2v) is 8.26. The van der Waals surface area contributed by atoms with Gasteiger partial charge in [-0.2, -0.15) is 0 Å². The predicted octanol–water partition coefficient (Wildman–Crippen LogP) is 2.40. The molecule has 0 saturated carbocycles. The van der Waals surface area contributed by atoms with E-state index in [1.807, 2.05) is 4.90 Å². The molecule has 14 heteroatoms. The van der Waals surface area contributed by atoms with Crippen molar-refractivity contribution in [2.24, 2.45) is 0 Å². The van der Waals surface area contributed by atoms with E-state index in [1.165, 1.54) is 26.2 Å². The average molecular weight is 553 g/mol. The number of non-ortho nitro benzene ring substituents is 1. The number of methoxy groups -OCH3 is 3. The number of aromatic nitrogens is 3. The largest absolute Gasteiger partial charge is 0.692 e. The molecule has 1 N–H and O–H groups in total. The van der Waals surface area contributed by atoms with Gasteiger partial charge in [-0.25, -0.2) is 0 Å². The lowest BCUT2D eigenvalue weighted by molar-refractivity contribution is -0.664. The number of nitrogens with zero attached hydrogens (tertiary/aromatic N) is 5. The maximum atomic E-state index is 13.2. The van der Waals surface area contributed by atoms with Crippen LogP contribution in [0.15, 0.2) is 28.7 Å². The molecule has 0 saturated heterocycles. The summed E-state index contributed by atoms with van der Waals surface area (Å²) in [6.07, 6.45) is 0. The number of halogens is 1. The predicted molar refractivity (Wildman–Crippen MR) is 131 cm³/mol. The van der Waals surface area contributed by atoms with Crippen LogP contribution < -0.4 is 19.8 Å². The van der Waals surface area contributed by atoms with E-state index in [9.17, 15) is 20.1 Å². The van der Waals surface area contributed by atoms with Gasteiger partial charge in [-0.15, -0.1) is 4.85 Å². The highest BCUT2D eigenvalue weighted by atomic mass is 79.9. The summed E-state index contributed by atoms with van der Waals surface area (Å²) in [5.74, 6) is 0.0413. The van der Waals surface area contributed by atoms with Gasteiger partial charge in [-0.1, -0.05) is 0 Å². The third-order valence-corrected chi connectivity index (χ3v) is 5.70. The van der Waals surface area contributed by atoms with E-state index in [2.05, 4.69) is 26.3 Å². The van der Waals surface area contributed by atoms with Gasteiger partial charge in [0.2, 0.25) is 11.4 Å². The van der Waals surface area contributed by atoms with Gasteiger partial charge in [-0.05, 0) is 26.8 Å². The van der Waals surface area contributed by atoms with Crippen molar-refractivity contribution in [2.75, 3.05) is 57.8 Å². The minimum Gasteiger partial charge on any atom is -0.692 e. The van der Waals surface area contributed by atoms with Gasteiger partial charge in [0.15, 0.2) is 5.69 Å². The molecule has 3 rings (SSSR count). The molecule has 0 aliphatic heterocycles. The second kappa shape index (κ2) is 11.3. The Morgan fingerprint density at radius 2 is 1.86 bits per heavy atom. The number of anilines is 2. The molecule has 0 radical (unpaired) electrons. The Hall–Kier alpha value is -3.49.